The van der Waals surface area contributed by atoms with E-state index in [-0.39, 0.29) is 5.69 Å². The Morgan fingerprint density at radius 2 is 2.00 bits per heavy atom. The molecule has 1 aromatic rings. The van der Waals surface area contributed by atoms with Gasteiger partial charge >= 0.3 is 0 Å². The number of benzene rings is 1. The summed E-state index contributed by atoms with van der Waals surface area (Å²) in [6.07, 6.45) is 2.82. The van der Waals surface area contributed by atoms with E-state index in [1.807, 2.05) is 0 Å². The van der Waals surface area contributed by atoms with Gasteiger partial charge in [0.1, 0.15) is 0 Å². The highest BCUT2D eigenvalue weighted by molar-refractivity contribution is 5.52. The van der Waals surface area contributed by atoms with Crippen LogP contribution >= 0.6 is 0 Å². The van der Waals surface area contributed by atoms with Crippen LogP contribution in [0.4, 0.5) is 5.69 Å². The van der Waals surface area contributed by atoms with E-state index in [1.54, 1.807) is 31.2 Å². The van der Waals surface area contributed by atoms with Crippen molar-refractivity contribution in [2.24, 2.45) is 0 Å². The van der Waals surface area contributed by atoms with Crippen molar-refractivity contribution in [2.75, 3.05) is 0 Å². The third-order valence-corrected chi connectivity index (χ3v) is 1.67. The highest BCUT2D eigenvalue weighted by atomic mass is 16.6. The molecule has 0 saturated heterocycles. The van der Waals surface area contributed by atoms with Gasteiger partial charge in [0.25, 0.3) is 5.69 Å². The van der Waals surface area contributed by atoms with Gasteiger partial charge in [0.15, 0.2) is 0 Å². The summed E-state index contributed by atoms with van der Waals surface area (Å²) >= 11 is 0. The topological polar surface area (TPSA) is 63.4 Å². The van der Waals surface area contributed by atoms with E-state index in [9.17, 15) is 10.1 Å². The Morgan fingerprint density at radius 3 is 2.43 bits per heavy atom. The van der Waals surface area contributed by atoms with E-state index >= 15 is 0 Å². The maximum Gasteiger partial charge on any atom is 0.269 e. The molecule has 1 atom stereocenters. The van der Waals surface area contributed by atoms with E-state index in [1.165, 1.54) is 12.1 Å². The molecule has 0 aliphatic rings. The Bertz CT molecular complexity index is 341. The van der Waals surface area contributed by atoms with Gasteiger partial charge in [-0.25, -0.2) is 0 Å². The summed E-state index contributed by atoms with van der Waals surface area (Å²) in [7, 11) is 0. The molecule has 74 valence electrons. The molecule has 0 bridgehead atoms. The highest BCUT2D eigenvalue weighted by Gasteiger charge is 2.01. The lowest BCUT2D eigenvalue weighted by molar-refractivity contribution is -0.384. The molecule has 0 unspecified atom stereocenters. The Labute approximate surface area is 81.6 Å². The van der Waals surface area contributed by atoms with E-state index in [2.05, 4.69) is 0 Å². The van der Waals surface area contributed by atoms with Crippen molar-refractivity contribution in [3.8, 4) is 0 Å². The number of aliphatic hydroxyl groups excluding tert-OH is 1. The van der Waals surface area contributed by atoms with Crippen LogP contribution in [0.3, 0.4) is 0 Å². The summed E-state index contributed by atoms with van der Waals surface area (Å²) in [6.45, 7) is 1.64. The minimum Gasteiger partial charge on any atom is -0.389 e. The molecule has 0 aliphatic carbocycles. The van der Waals surface area contributed by atoms with Crippen LogP contribution in [0.1, 0.15) is 12.5 Å². The molecule has 4 heteroatoms. The number of rotatable bonds is 3. The molecule has 14 heavy (non-hydrogen) atoms. The summed E-state index contributed by atoms with van der Waals surface area (Å²) in [5.41, 5.74) is 0.899. The van der Waals surface area contributed by atoms with Crippen LogP contribution in [0.5, 0.6) is 0 Å². The second-order valence-electron chi connectivity index (χ2n) is 2.95. The van der Waals surface area contributed by atoms with Gasteiger partial charge in [-0.05, 0) is 24.6 Å². The predicted molar refractivity (Wildman–Crippen MR) is 53.8 cm³/mol. The normalized spacial score (nSPS) is 13.0. The predicted octanol–water partition coefficient (Wildman–Crippen LogP) is 1.99. The zero-order valence-corrected chi connectivity index (χ0v) is 7.75. The number of aliphatic hydroxyl groups is 1. The first-order valence-electron chi connectivity index (χ1n) is 4.20. The molecule has 1 aromatic carbocycles. The number of non-ortho nitro benzene ring substituents is 1. The van der Waals surface area contributed by atoms with Gasteiger partial charge in [0.2, 0.25) is 0 Å². The highest BCUT2D eigenvalue weighted by Crippen LogP contribution is 2.12. The van der Waals surface area contributed by atoms with Gasteiger partial charge in [0, 0.05) is 12.1 Å². The molecule has 1 N–H and O–H groups in total. The fourth-order valence-electron chi connectivity index (χ4n) is 0.958. The summed E-state index contributed by atoms with van der Waals surface area (Å²) in [4.78, 5) is 9.88. The maximum atomic E-state index is 10.3. The average molecular weight is 193 g/mol. The van der Waals surface area contributed by atoms with Crippen LogP contribution in [0.2, 0.25) is 0 Å². The zero-order valence-electron chi connectivity index (χ0n) is 7.75. The first kappa shape index (κ1) is 10.4. The zero-order chi connectivity index (χ0) is 10.6. The molecule has 0 amide bonds. The lowest BCUT2D eigenvalue weighted by Crippen LogP contribution is -1.91. The molecule has 0 aliphatic heterocycles. The van der Waals surface area contributed by atoms with Crippen molar-refractivity contribution in [2.45, 2.75) is 13.0 Å². The quantitative estimate of drug-likeness (QED) is 0.589. The first-order chi connectivity index (χ1) is 6.59. The van der Waals surface area contributed by atoms with Gasteiger partial charge in [-0.3, -0.25) is 10.1 Å². The van der Waals surface area contributed by atoms with E-state index in [0.717, 1.165) is 5.56 Å². The Hall–Kier alpha value is -1.68. The monoisotopic (exact) mass is 193 g/mol. The third kappa shape index (κ3) is 2.99. The third-order valence-electron chi connectivity index (χ3n) is 1.67. The smallest absolute Gasteiger partial charge is 0.269 e. The second-order valence-corrected chi connectivity index (χ2v) is 2.95. The molecule has 0 aromatic heterocycles. The molecule has 0 spiro atoms. The summed E-state index contributed by atoms with van der Waals surface area (Å²) < 4.78 is 0. The van der Waals surface area contributed by atoms with E-state index in [4.69, 9.17) is 5.11 Å². The molecule has 0 saturated carbocycles. The van der Waals surface area contributed by atoms with Gasteiger partial charge in [-0.2, -0.15) is 0 Å². The van der Waals surface area contributed by atoms with Gasteiger partial charge in [-0.15, -0.1) is 0 Å². The molecular weight excluding hydrogens is 182 g/mol. The largest absolute Gasteiger partial charge is 0.389 e. The van der Waals surface area contributed by atoms with Crippen molar-refractivity contribution >= 4 is 11.8 Å². The Morgan fingerprint density at radius 1 is 1.43 bits per heavy atom. The standard InChI is InChI=1S/C10H11NO3/c1-8(12)2-3-9-4-6-10(7-5-9)11(13)14/h2-8,12H,1H3/b3-2+/t8-/m0/s1. The average Bonchev–Trinajstić information content (AvgIpc) is 2.15. The summed E-state index contributed by atoms with van der Waals surface area (Å²) in [6, 6.07) is 6.14. The summed E-state index contributed by atoms with van der Waals surface area (Å²) in [5.74, 6) is 0. The minimum atomic E-state index is -0.509. The minimum absolute atomic E-state index is 0.0687. The number of hydrogen-bond donors (Lipinski definition) is 1. The van der Waals surface area contributed by atoms with Crippen LogP contribution in [0.25, 0.3) is 6.08 Å². The molecule has 1 rings (SSSR count). The van der Waals surface area contributed by atoms with Crippen molar-refractivity contribution in [3.05, 3.63) is 46.0 Å². The lowest BCUT2D eigenvalue weighted by Gasteiger charge is -1.95. The Balaban J connectivity index is 2.78. The van der Waals surface area contributed by atoms with E-state index < -0.39 is 11.0 Å². The number of hydrogen-bond acceptors (Lipinski definition) is 3. The van der Waals surface area contributed by atoms with Crippen molar-refractivity contribution < 1.29 is 10.0 Å². The Kier molecular flexibility index (Phi) is 3.36. The number of nitro groups is 1. The van der Waals surface area contributed by atoms with Gasteiger partial charge < -0.3 is 5.11 Å². The number of nitro benzene ring substituents is 1. The van der Waals surface area contributed by atoms with Gasteiger partial charge in [-0.1, -0.05) is 12.2 Å². The molecule has 0 heterocycles. The van der Waals surface area contributed by atoms with Gasteiger partial charge in [0.05, 0.1) is 11.0 Å². The van der Waals surface area contributed by atoms with Crippen LogP contribution in [0, 0.1) is 10.1 Å². The molecule has 4 nitrogen and oxygen atoms in total. The fraction of sp³-hybridized carbons (Fsp3) is 0.200. The SMILES string of the molecule is C[C@H](O)/C=C/c1ccc([N+](=O)[O-])cc1. The molecule has 0 radical (unpaired) electrons. The van der Waals surface area contributed by atoms with Crippen LogP contribution in [0.15, 0.2) is 30.3 Å². The van der Waals surface area contributed by atoms with Crippen molar-refractivity contribution in [3.63, 3.8) is 0 Å². The maximum absolute atomic E-state index is 10.3. The van der Waals surface area contributed by atoms with E-state index in [0.29, 0.717) is 0 Å². The fourth-order valence-corrected chi connectivity index (χ4v) is 0.958. The lowest BCUT2D eigenvalue weighted by atomic mass is 10.2. The van der Waals surface area contributed by atoms with Crippen LogP contribution in [-0.4, -0.2) is 16.1 Å². The first-order valence-corrected chi connectivity index (χ1v) is 4.20. The summed E-state index contributed by atoms with van der Waals surface area (Å²) in [5, 5.41) is 19.3. The molecule has 0 fully saturated rings. The van der Waals surface area contributed by atoms with Crippen LogP contribution in [-0.2, 0) is 0 Å². The molecular formula is C10H11NO3. The van der Waals surface area contributed by atoms with Crippen molar-refractivity contribution in [1.29, 1.82) is 0 Å². The second kappa shape index (κ2) is 4.53. The number of nitrogens with zero attached hydrogens (tertiary/aromatic N) is 1. The van der Waals surface area contributed by atoms with Crippen LogP contribution < -0.4 is 0 Å². The van der Waals surface area contributed by atoms with Crippen molar-refractivity contribution in [1.82, 2.24) is 0 Å².